The topological polar surface area (TPSA) is 63.4 Å². The lowest BCUT2D eigenvalue weighted by atomic mass is 10.2. The van der Waals surface area contributed by atoms with E-state index in [0.717, 1.165) is 29.3 Å². The van der Waals surface area contributed by atoms with E-state index in [0.29, 0.717) is 19.0 Å². The van der Waals surface area contributed by atoms with Gasteiger partial charge >= 0.3 is 6.18 Å². The van der Waals surface area contributed by atoms with Crippen LogP contribution in [0.1, 0.15) is 24.8 Å². The van der Waals surface area contributed by atoms with E-state index < -0.39 is 21.8 Å². The zero-order valence-corrected chi connectivity index (χ0v) is 12.5. The molecule has 0 amide bonds. The molecule has 1 rings (SSSR count). The molecular formula is C13H19F3N2O2S. The summed E-state index contributed by atoms with van der Waals surface area (Å²) in [6.07, 6.45) is -2.38. The minimum atomic E-state index is -4.56. The molecule has 0 aliphatic rings. The van der Waals surface area contributed by atoms with Crippen LogP contribution in [0.2, 0.25) is 0 Å². The molecule has 0 saturated heterocycles. The number of nitrogens with zero attached hydrogens (tertiary/aromatic N) is 1. The molecule has 4 nitrogen and oxygen atoms in total. The van der Waals surface area contributed by atoms with Crippen LogP contribution < -0.4 is 5.73 Å². The largest absolute Gasteiger partial charge is 0.416 e. The van der Waals surface area contributed by atoms with Gasteiger partial charge in [0.2, 0.25) is 10.0 Å². The van der Waals surface area contributed by atoms with Crippen LogP contribution in [-0.4, -0.2) is 32.9 Å². The Kier molecular flexibility index (Phi) is 6.18. The van der Waals surface area contributed by atoms with E-state index in [9.17, 15) is 21.6 Å². The Hall–Kier alpha value is -1.12. The summed E-state index contributed by atoms with van der Waals surface area (Å²) in [6, 6.07) is 3.77. The van der Waals surface area contributed by atoms with Gasteiger partial charge in [-0.25, -0.2) is 12.7 Å². The fraction of sp³-hybridized carbons (Fsp3) is 0.538. The monoisotopic (exact) mass is 324 g/mol. The van der Waals surface area contributed by atoms with Gasteiger partial charge < -0.3 is 5.73 Å². The Bertz CT molecular complexity index is 559. The van der Waals surface area contributed by atoms with Crippen LogP contribution in [0, 0.1) is 0 Å². The van der Waals surface area contributed by atoms with Crippen molar-refractivity contribution in [3.63, 3.8) is 0 Å². The third-order valence-electron chi connectivity index (χ3n) is 3.05. The Labute approximate surface area is 122 Å². The number of unbranched alkanes of at least 4 members (excludes halogenated alkanes) is 2. The van der Waals surface area contributed by atoms with Crippen LogP contribution in [-0.2, 0) is 16.2 Å². The molecular weight excluding hydrogens is 305 g/mol. The molecule has 8 heteroatoms. The van der Waals surface area contributed by atoms with Crippen molar-refractivity contribution in [1.29, 1.82) is 0 Å². The highest BCUT2D eigenvalue weighted by Gasteiger charge is 2.32. The van der Waals surface area contributed by atoms with Gasteiger partial charge in [-0.3, -0.25) is 0 Å². The summed E-state index contributed by atoms with van der Waals surface area (Å²) in [6.45, 7) is 0.780. The Morgan fingerprint density at radius 2 is 1.86 bits per heavy atom. The average Bonchev–Trinajstić information content (AvgIpc) is 2.42. The maximum atomic E-state index is 12.6. The average molecular weight is 324 g/mol. The standard InChI is InChI=1S/C13H19F3N2O2S/c1-18(9-4-2-3-8-17)21(19,20)12-7-5-6-11(10-12)13(14,15)16/h5-7,10H,2-4,8-9,17H2,1H3. The van der Waals surface area contributed by atoms with E-state index >= 15 is 0 Å². The molecule has 120 valence electrons. The zero-order chi connectivity index (χ0) is 16.1. The van der Waals surface area contributed by atoms with Crippen LogP contribution in [0.4, 0.5) is 13.2 Å². The first kappa shape index (κ1) is 17.9. The van der Waals surface area contributed by atoms with E-state index in [-0.39, 0.29) is 11.4 Å². The number of alkyl halides is 3. The van der Waals surface area contributed by atoms with Gasteiger partial charge in [-0.1, -0.05) is 12.5 Å². The maximum Gasteiger partial charge on any atom is 0.416 e. The number of sulfonamides is 1. The highest BCUT2D eigenvalue weighted by atomic mass is 32.2. The number of hydrogen-bond donors (Lipinski definition) is 1. The fourth-order valence-electron chi connectivity index (χ4n) is 1.79. The van der Waals surface area contributed by atoms with E-state index in [1.807, 2.05) is 0 Å². The van der Waals surface area contributed by atoms with Gasteiger partial charge in [-0.15, -0.1) is 0 Å². The molecule has 0 spiro atoms. The van der Waals surface area contributed by atoms with Gasteiger partial charge in [0, 0.05) is 13.6 Å². The molecule has 0 aromatic heterocycles. The molecule has 0 aliphatic carbocycles. The zero-order valence-electron chi connectivity index (χ0n) is 11.7. The van der Waals surface area contributed by atoms with Gasteiger partial charge in [0.25, 0.3) is 0 Å². The van der Waals surface area contributed by atoms with Gasteiger partial charge in [0.05, 0.1) is 10.5 Å². The summed E-state index contributed by atoms with van der Waals surface area (Å²) in [7, 11) is -2.55. The molecule has 0 fully saturated rings. The molecule has 0 unspecified atom stereocenters. The molecule has 0 heterocycles. The van der Waals surface area contributed by atoms with Crippen LogP contribution >= 0.6 is 0 Å². The number of nitrogens with two attached hydrogens (primary N) is 1. The molecule has 0 saturated carbocycles. The SMILES string of the molecule is CN(CCCCCN)S(=O)(=O)c1cccc(C(F)(F)F)c1. The lowest BCUT2D eigenvalue weighted by molar-refractivity contribution is -0.137. The third-order valence-corrected chi connectivity index (χ3v) is 4.90. The van der Waals surface area contributed by atoms with Crippen molar-refractivity contribution < 1.29 is 21.6 Å². The third kappa shape index (κ3) is 4.98. The minimum absolute atomic E-state index is 0.249. The summed E-state index contributed by atoms with van der Waals surface area (Å²) in [5.41, 5.74) is 4.37. The van der Waals surface area contributed by atoms with E-state index in [1.54, 1.807) is 0 Å². The number of hydrogen-bond acceptors (Lipinski definition) is 3. The van der Waals surface area contributed by atoms with Crippen LogP contribution in [0.25, 0.3) is 0 Å². The van der Waals surface area contributed by atoms with Gasteiger partial charge in [0.15, 0.2) is 0 Å². The first-order valence-electron chi connectivity index (χ1n) is 6.53. The second-order valence-electron chi connectivity index (χ2n) is 4.70. The summed E-state index contributed by atoms with van der Waals surface area (Å²) < 4.78 is 63.4. The Balaban J connectivity index is 2.87. The molecule has 1 aromatic carbocycles. The summed E-state index contributed by atoms with van der Waals surface area (Å²) in [5.74, 6) is 0. The van der Waals surface area contributed by atoms with Crippen LogP contribution in [0.3, 0.4) is 0 Å². The fourth-order valence-corrected chi connectivity index (χ4v) is 3.04. The van der Waals surface area contributed by atoms with E-state index in [2.05, 4.69) is 0 Å². The Morgan fingerprint density at radius 1 is 1.19 bits per heavy atom. The Morgan fingerprint density at radius 3 is 2.43 bits per heavy atom. The number of halogens is 3. The highest BCUT2D eigenvalue weighted by molar-refractivity contribution is 7.89. The van der Waals surface area contributed by atoms with Crippen molar-refractivity contribution in [3.05, 3.63) is 29.8 Å². The second kappa shape index (κ2) is 7.24. The first-order chi connectivity index (χ1) is 9.69. The van der Waals surface area contributed by atoms with Gasteiger partial charge in [0.1, 0.15) is 0 Å². The normalized spacial score (nSPS) is 12.9. The first-order valence-corrected chi connectivity index (χ1v) is 7.97. The predicted molar refractivity (Wildman–Crippen MR) is 74.2 cm³/mol. The maximum absolute atomic E-state index is 12.6. The van der Waals surface area contributed by atoms with Crippen molar-refractivity contribution >= 4 is 10.0 Å². The highest BCUT2D eigenvalue weighted by Crippen LogP contribution is 2.31. The molecule has 0 radical (unpaired) electrons. The van der Waals surface area contributed by atoms with E-state index in [1.165, 1.54) is 13.1 Å². The lowest BCUT2D eigenvalue weighted by Gasteiger charge is -2.18. The molecule has 1 aromatic rings. The number of rotatable bonds is 7. The summed E-state index contributed by atoms with van der Waals surface area (Å²) in [5, 5.41) is 0. The van der Waals surface area contributed by atoms with Crippen molar-refractivity contribution in [2.75, 3.05) is 20.1 Å². The van der Waals surface area contributed by atoms with Crippen molar-refractivity contribution in [1.82, 2.24) is 4.31 Å². The minimum Gasteiger partial charge on any atom is -0.330 e. The molecule has 21 heavy (non-hydrogen) atoms. The quantitative estimate of drug-likeness (QED) is 0.784. The molecule has 2 N–H and O–H groups in total. The lowest BCUT2D eigenvalue weighted by Crippen LogP contribution is -2.28. The molecule has 0 atom stereocenters. The smallest absolute Gasteiger partial charge is 0.330 e. The summed E-state index contributed by atoms with van der Waals surface area (Å²) in [4.78, 5) is -0.348. The number of benzene rings is 1. The molecule has 0 aliphatic heterocycles. The molecule has 0 bridgehead atoms. The van der Waals surface area contributed by atoms with Crippen molar-refractivity contribution in [3.8, 4) is 0 Å². The summed E-state index contributed by atoms with van der Waals surface area (Å²) >= 11 is 0. The van der Waals surface area contributed by atoms with Gasteiger partial charge in [-0.05, 0) is 37.6 Å². The predicted octanol–water partition coefficient (Wildman–Crippen LogP) is 2.45. The van der Waals surface area contributed by atoms with Crippen LogP contribution in [0.15, 0.2) is 29.2 Å². The van der Waals surface area contributed by atoms with Crippen molar-refractivity contribution in [2.45, 2.75) is 30.3 Å². The van der Waals surface area contributed by atoms with Crippen LogP contribution in [0.5, 0.6) is 0 Å². The van der Waals surface area contributed by atoms with Crippen molar-refractivity contribution in [2.24, 2.45) is 5.73 Å². The second-order valence-corrected chi connectivity index (χ2v) is 6.75. The van der Waals surface area contributed by atoms with Gasteiger partial charge in [-0.2, -0.15) is 13.2 Å². The van der Waals surface area contributed by atoms with E-state index in [4.69, 9.17) is 5.73 Å².